The molecule has 4 heterocycles. The van der Waals surface area contributed by atoms with E-state index in [2.05, 4.69) is 44.6 Å². The Morgan fingerprint density at radius 1 is 1.14 bits per heavy atom. The van der Waals surface area contributed by atoms with Crippen LogP contribution in [0, 0.1) is 12.3 Å². The van der Waals surface area contributed by atoms with Crippen LogP contribution in [-0.2, 0) is 24.2 Å². The third-order valence-electron chi connectivity index (χ3n) is 6.32. The van der Waals surface area contributed by atoms with Gasteiger partial charge in [-0.05, 0) is 36.6 Å². The van der Waals surface area contributed by atoms with Gasteiger partial charge in [-0.15, -0.1) is 0 Å². The number of aromatic nitrogens is 3. The molecule has 0 radical (unpaired) electrons. The molecule has 2 aliphatic rings. The summed E-state index contributed by atoms with van der Waals surface area (Å²) >= 11 is 0. The molecule has 0 saturated carbocycles. The number of hydrogen-bond acceptors (Lipinski definition) is 3. The molecule has 2 aromatic heterocycles. The molecule has 0 N–H and O–H groups in total. The van der Waals surface area contributed by atoms with E-state index in [1.165, 1.54) is 5.56 Å². The maximum absolute atomic E-state index is 12.9. The second-order valence-electron chi connectivity index (χ2n) is 8.23. The van der Waals surface area contributed by atoms with Gasteiger partial charge in [-0.25, -0.2) is 4.98 Å². The summed E-state index contributed by atoms with van der Waals surface area (Å²) in [5, 5.41) is 0. The quantitative estimate of drug-likeness (QED) is 0.709. The number of carbonyl (C=O) groups is 1. The van der Waals surface area contributed by atoms with Gasteiger partial charge in [-0.1, -0.05) is 24.3 Å². The van der Waals surface area contributed by atoms with E-state index in [-0.39, 0.29) is 11.3 Å². The van der Waals surface area contributed by atoms with Crippen LogP contribution in [0.3, 0.4) is 0 Å². The van der Waals surface area contributed by atoms with E-state index >= 15 is 0 Å². The molecular weight excluding hydrogens is 348 g/mol. The molecule has 1 spiro atoms. The Morgan fingerprint density at radius 3 is 2.86 bits per heavy atom. The van der Waals surface area contributed by atoms with Crippen LogP contribution in [0.15, 0.2) is 55.0 Å². The summed E-state index contributed by atoms with van der Waals surface area (Å²) < 4.78 is 2.33. The molecule has 5 heteroatoms. The maximum atomic E-state index is 12.9. The van der Waals surface area contributed by atoms with Gasteiger partial charge in [0.2, 0.25) is 5.91 Å². The molecule has 1 aromatic carbocycles. The molecule has 5 nitrogen and oxygen atoms in total. The van der Waals surface area contributed by atoms with Crippen molar-refractivity contribution >= 4 is 5.91 Å². The number of nitrogens with zero attached hydrogens (tertiary/aromatic N) is 4. The highest BCUT2D eigenvalue weighted by Crippen LogP contribution is 2.42. The van der Waals surface area contributed by atoms with E-state index in [4.69, 9.17) is 0 Å². The van der Waals surface area contributed by atoms with Gasteiger partial charge in [0.25, 0.3) is 0 Å². The van der Waals surface area contributed by atoms with Crippen molar-refractivity contribution in [3.63, 3.8) is 0 Å². The van der Waals surface area contributed by atoms with Crippen molar-refractivity contribution in [1.82, 2.24) is 19.4 Å². The Kier molecular flexibility index (Phi) is 4.04. The lowest BCUT2D eigenvalue weighted by molar-refractivity contribution is -0.129. The number of carbonyl (C=O) groups excluding carboxylic acids is 1. The average molecular weight is 372 g/mol. The molecule has 1 atom stereocenters. The lowest BCUT2D eigenvalue weighted by atomic mass is 9.86. The Hall–Kier alpha value is -2.95. The fraction of sp³-hybridized carbons (Fsp3) is 0.348. The molecule has 28 heavy (non-hydrogen) atoms. The Labute approximate surface area is 165 Å². The van der Waals surface area contributed by atoms with Gasteiger partial charge in [-0.2, -0.15) is 0 Å². The molecule has 2 aliphatic heterocycles. The number of benzene rings is 1. The number of hydrogen-bond donors (Lipinski definition) is 0. The Balaban J connectivity index is 1.31. The molecule has 1 amide bonds. The van der Waals surface area contributed by atoms with Crippen LogP contribution in [0.25, 0.3) is 11.3 Å². The SMILES string of the molecule is Cc1ccccc1CC(=O)N1CC[C@@]2(Cc3ncc(-c4cccnc4)n3C2)C1. The minimum absolute atomic E-state index is 0.127. The number of likely N-dealkylation sites (tertiary alicyclic amines) is 1. The van der Waals surface area contributed by atoms with E-state index in [0.29, 0.717) is 6.42 Å². The van der Waals surface area contributed by atoms with E-state index in [1.54, 1.807) is 6.20 Å². The molecule has 5 rings (SSSR count). The van der Waals surface area contributed by atoms with Crippen molar-refractivity contribution in [3.8, 4) is 11.3 Å². The molecule has 0 aliphatic carbocycles. The molecule has 142 valence electrons. The van der Waals surface area contributed by atoms with Gasteiger partial charge in [0, 0.05) is 49.4 Å². The monoisotopic (exact) mass is 372 g/mol. The predicted octanol–water partition coefficient (Wildman–Crippen LogP) is 3.27. The smallest absolute Gasteiger partial charge is 0.227 e. The molecule has 1 saturated heterocycles. The summed E-state index contributed by atoms with van der Waals surface area (Å²) in [7, 11) is 0. The highest BCUT2D eigenvalue weighted by Gasteiger charge is 2.45. The van der Waals surface area contributed by atoms with Crippen LogP contribution in [-0.4, -0.2) is 38.4 Å². The number of rotatable bonds is 3. The van der Waals surface area contributed by atoms with Gasteiger partial charge in [0.1, 0.15) is 5.82 Å². The zero-order chi connectivity index (χ0) is 19.1. The van der Waals surface area contributed by atoms with E-state index in [0.717, 1.165) is 55.1 Å². The van der Waals surface area contributed by atoms with Crippen molar-refractivity contribution in [2.24, 2.45) is 5.41 Å². The standard InChI is InChI=1S/C23H24N4O/c1-17-5-2-3-6-18(17)11-22(28)26-10-8-23(15-26)12-21-25-14-20(27(21)16-23)19-7-4-9-24-13-19/h2-7,9,13-14H,8,10-12,15-16H2,1H3/t23-/m1/s1. The third-order valence-corrected chi connectivity index (χ3v) is 6.32. The van der Waals surface area contributed by atoms with E-state index < -0.39 is 0 Å². The van der Waals surface area contributed by atoms with E-state index in [1.807, 2.05) is 30.6 Å². The van der Waals surface area contributed by atoms with Gasteiger partial charge in [0.15, 0.2) is 0 Å². The Bertz CT molecular complexity index is 1030. The topological polar surface area (TPSA) is 51.0 Å². The van der Waals surface area contributed by atoms with Gasteiger partial charge >= 0.3 is 0 Å². The second kappa shape index (κ2) is 6.59. The van der Waals surface area contributed by atoms with Crippen molar-refractivity contribution in [2.75, 3.05) is 13.1 Å². The van der Waals surface area contributed by atoms with Crippen molar-refractivity contribution in [2.45, 2.75) is 32.7 Å². The first kappa shape index (κ1) is 17.2. The minimum Gasteiger partial charge on any atom is -0.342 e. The first-order valence-corrected chi connectivity index (χ1v) is 9.91. The summed E-state index contributed by atoms with van der Waals surface area (Å²) in [5.41, 5.74) is 4.68. The van der Waals surface area contributed by atoms with Crippen LogP contribution < -0.4 is 0 Å². The average Bonchev–Trinajstić information content (AvgIpc) is 3.39. The van der Waals surface area contributed by atoms with Gasteiger partial charge in [-0.3, -0.25) is 9.78 Å². The zero-order valence-electron chi connectivity index (χ0n) is 16.1. The lowest BCUT2D eigenvalue weighted by Crippen LogP contribution is -2.34. The number of imidazole rings is 1. The van der Waals surface area contributed by atoms with Gasteiger partial charge in [0.05, 0.1) is 18.3 Å². The number of aryl methyl sites for hydroxylation is 1. The number of fused-ring (bicyclic) bond motifs is 1. The summed E-state index contributed by atoms with van der Waals surface area (Å²) in [6.07, 6.45) is 8.12. The molecule has 0 unspecified atom stereocenters. The van der Waals surface area contributed by atoms with Crippen LogP contribution >= 0.6 is 0 Å². The molecule has 0 bridgehead atoms. The maximum Gasteiger partial charge on any atom is 0.227 e. The fourth-order valence-electron chi connectivity index (χ4n) is 4.71. The van der Waals surface area contributed by atoms with Crippen LogP contribution in [0.1, 0.15) is 23.4 Å². The van der Waals surface area contributed by atoms with Crippen molar-refractivity contribution in [1.29, 1.82) is 0 Å². The highest BCUT2D eigenvalue weighted by molar-refractivity contribution is 5.79. The number of pyridine rings is 1. The molecule has 1 fully saturated rings. The second-order valence-corrected chi connectivity index (χ2v) is 8.23. The van der Waals surface area contributed by atoms with E-state index in [9.17, 15) is 4.79 Å². The normalized spacial score (nSPS) is 20.7. The van der Waals surface area contributed by atoms with Crippen LogP contribution in [0.2, 0.25) is 0 Å². The summed E-state index contributed by atoms with van der Waals surface area (Å²) in [6, 6.07) is 12.2. The summed E-state index contributed by atoms with van der Waals surface area (Å²) in [6.45, 7) is 4.68. The van der Waals surface area contributed by atoms with Crippen molar-refractivity contribution < 1.29 is 4.79 Å². The first-order chi connectivity index (χ1) is 13.6. The summed E-state index contributed by atoms with van der Waals surface area (Å²) in [5.74, 6) is 1.37. The third kappa shape index (κ3) is 2.91. The zero-order valence-corrected chi connectivity index (χ0v) is 16.1. The predicted molar refractivity (Wildman–Crippen MR) is 108 cm³/mol. The Morgan fingerprint density at radius 2 is 2.04 bits per heavy atom. The largest absolute Gasteiger partial charge is 0.342 e. The summed E-state index contributed by atoms with van der Waals surface area (Å²) in [4.78, 5) is 23.9. The lowest BCUT2D eigenvalue weighted by Gasteiger charge is -2.24. The highest BCUT2D eigenvalue weighted by atomic mass is 16.2. The minimum atomic E-state index is 0.127. The fourth-order valence-corrected chi connectivity index (χ4v) is 4.71. The van der Waals surface area contributed by atoms with Crippen LogP contribution in [0.4, 0.5) is 0 Å². The van der Waals surface area contributed by atoms with Gasteiger partial charge < -0.3 is 9.47 Å². The first-order valence-electron chi connectivity index (χ1n) is 9.91. The van der Waals surface area contributed by atoms with Crippen LogP contribution in [0.5, 0.6) is 0 Å². The molecular formula is C23H24N4O. The number of amides is 1. The molecule has 3 aromatic rings. The van der Waals surface area contributed by atoms with Crippen molar-refractivity contribution in [3.05, 3.63) is 71.9 Å².